The van der Waals surface area contributed by atoms with Crippen molar-refractivity contribution in [3.63, 3.8) is 0 Å². The quantitative estimate of drug-likeness (QED) is 0.496. The van der Waals surface area contributed by atoms with E-state index in [1.165, 1.54) is 22.2 Å². The van der Waals surface area contributed by atoms with Crippen molar-refractivity contribution in [3.8, 4) is 10.7 Å². The number of hydrogen-bond donors (Lipinski definition) is 0. The molecule has 0 aliphatic rings. The van der Waals surface area contributed by atoms with Crippen LogP contribution in [0.1, 0.15) is 21.1 Å². The van der Waals surface area contributed by atoms with Crippen molar-refractivity contribution in [2.24, 2.45) is 7.05 Å². The number of carbonyl (C=O) groups is 1. The summed E-state index contributed by atoms with van der Waals surface area (Å²) in [4.78, 5) is 34.7. The van der Waals surface area contributed by atoms with Gasteiger partial charge in [-0.3, -0.25) is 4.79 Å². The largest absolute Gasteiger partial charge is 0.451 e. The molecule has 132 valence electrons. The van der Waals surface area contributed by atoms with E-state index in [0.29, 0.717) is 26.5 Å². The Morgan fingerprint density at radius 3 is 3.04 bits per heavy atom. The van der Waals surface area contributed by atoms with Crippen LogP contribution in [0.25, 0.3) is 20.9 Å². The zero-order valence-corrected chi connectivity index (χ0v) is 15.4. The number of fused-ring (bicyclic) bond motifs is 1. The molecule has 0 aliphatic heterocycles. The molecule has 0 radical (unpaired) electrons. The molecule has 0 unspecified atom stereocenters. The third kappa shape index (κ3) is 2.82. The summed E-state index contributed by atoms with van der Waals surface area (Å²) in [6.07, 6.45) is 1.43. The molecule has 8 nitrogen and oxygen atoms in total. The van der Waals surface area contributed by atoms with Crippen molar-refractivity contribution in [2.75, 3.05) is 0 Å². The number of rotatable bonds is 4. The minimum Gasteiger partial charge on any atom is -0.451 e. The van der Waals surface area contributed by atoms with E-state index in [1.807, 2.05) is 17.5 Å². The topological polar surface area (TPSA) is 100 Å². The maximum Gasteiger partial charge on any atom is 0.349 e. The lowest BCUT2D eigenvalue weighted by Crippen LogP contribution is -2.16. The highest BCUT2D eigenvalue weighted by molar-refractivity contribution is 7.20. The molecule has 4 aromatic heterocycles. The summed E-state index contributed by atoms with van der Waals surface area (Å²) in [7, 11) is 1.62. The van der Waals surface area contributed by atoms with Gasteiger partial charge in [-0.25, -0.2) is 9.78 Å². The summed E-state index contributed by atoms with van der Waals surface area (Å²) >= 11 is 2.62. The molecular weight excluding hydrogens is 376 g/mol. The summed E-state index contributed by atoms with van der Waals surface area (Å²) < 4.78 is 11.7. The van der Waals surface area contributed by atoms with Gasteiger partial charge in [0.2, 0.25) is 5.82 Å². The Bertz CT molecular complexity index is 1160. The average Bonchev–Trinajstić information content (AvgIpc) is 3.36. The van der Waals surface area contributed by atoms with E-state index >= 15 is 0 Å². The van der Waals surface area contributed by atoms with Crippen molar-refractivity contribution < 1.29 is 14.1 Å². The average molecular weight is 388 g/mol. The zero-order chi connectivity index (χ0) is 18.3. The fourth-order valence-electron chi connectivity index (χ4n) is 2.42. The minimum atomic E-state index is -0.552. The highest BCUT2D eigenvalue weighted by atomic mass is 32.1. The molecular formula is C16H12N4O4S2. The SMILES string of the molecule is Cc1c(C(=O)OCc2nc(-c3cccs3)no2)sc2ncn(C)c(=O)c12. The number of aryl methyl sites for hydroxylation is 2. The van der Waals surface area contributed by atoms with Crippen LogP contribution in [-0.2, 0) is 18.4 Å². The number of esters is 1. The number of nitrogens with zero attached hydrogens (tertiary/aromatic N) is 4. The first-order valence-corrected chi connectivity index (χ1v) is 9.22. The second-order valence-electron chi connectivity index (χ2n) is 5.46. The van der Waals surface area contributed by atoms with Gasteiger partial charge in [-0.15, -0.1) is 22.7 Å². The van der Waals surface area contributed by atoms with Gasteiger partial charge >= 0.3 is 5.97 Å². The number of carbonyl (C=O) groups excluding carboxylic acids is 1. The Kier molecular flexibility index (Phi) is 4.13. The highest BCUT2D eigenvalue weighted by Gasteiger charge is 2.21. The van der Waals surface area contributed by atoms with Gasteiger partial charge in [0, 0.05) is 7.05 Å². The normalized spacial score (nSPS) is 11.2. The lowest BCUT2D eigenvalue weighted by Gasteiger charge is -2.00. The van der Waals surface area contributed by atoms with Gasteiger partial charge in [0.25, 0.3) is 11.4 Å². The van der Waals surface area contributed by atoms with Crippen LogP contribution in [0.3, 0.4) is 0 Å². The van der Waals surface area contributed by atoms with Crippen molar-refractivity contribution in [2.45, 2.75) is 13.5 Å². The molecule has 0 atom stereocenters. The molecule has 0 spiro atoms. The molecule has 0 saturated heterocycles. The molecule has 4 aromatic rings. The Balaban J connectivity index is 1.54. The molecule has 0 aromatic carbocycles. The third-order valence-corrected chi connectivity index (χ3v) is 5.78. The maximum atomic E-state index is 12.4. The van der Waals surface area contributed by atoms with Gasteiger partial charge in [0.05, 0.1) is 16.6 Å². The third-order valence-electron chi connectivity index (χ3n) is 3.73. The first kappa shape index (κ1) is 16.6. The van der Waals surface area contributed by atoms with E-state index in [-0.39, 0.29) is 18.1 Å². The fourth-order valence-corrected chi connectivity index (χ4v) is 4.10. The van der Waals surface area contributed by atoms with E-state index < -0.39 is 5.97 Å². The second-order valence-corrected chi connectivity index (χ2v) is 7.41. The van der Waals surface area contributed by atoms with Gasteiger partial charge < -0.3 is 13.8 Å². The molecule has 0 saturated carbocycles. The van der Waals surface area contributed by atoms with Gasteiger partial charge in [-0.05, 0) is 23.9 Å². The number of ether oxygens (including phenoxy) is 1. The second kappa shape index (κ2) is 6.46. The van der Waals surface area contributed by atoms with Crippen molar-refractivity contribution >= 4 is 38.9 Å². The van der Waals surface area contributed by atoms with Crippen molar-refractivity contribution in [1.82, 2.24) is 19.7 Å². The molecule has 26 heavy (non-hydrogen) atoms. The van der Waals surface area contributed by atoms with Crippen LogP contribution in [0.5, 0.6) is 0 Å². The van der Waals surface area contributed by atoms with Gasteiger partial charge in [0.1, 0.15) is 9.71 Å². The van der Waals surface area contributed by atoms with Crippen LogP contribution >= 0.6 is 22.7 Å². The molecule has 0 amide bonds. The molecule has 0 fully saturated rings. The van der Waals surface area contributed by atoms with E-state index in [0.717, 1.165) is 16.2 Å². The van der Waals surface area contributed by atoms with Crippen LogP contribution in [-0.4, -0.2) is 25.7 Å². The first-order chi connectivity index (χ1) is 12.5. The maximum absolute atomic E-state index is 12.4. The van der Waals surface area contributed by atoms with Gasteiger partial charge in [0.15, 0.2) is 6.61 Å². The first-order valence-electron chi connectivity index (χ1n) is 7.53. The fraction of sp³-hybridized carbons (Fsp3) is 0.188. The van der Waals surface area contributed by atoms with Crippen LogP contribution in [0, 0.1) is 6.92 Å². The summed E-state index contributed by atoms with van der Waals surface area (Å²) in [5.74, 6) is 0.106. The Morgan fingerprint density at radius 1 is 1.42 bits per heavy atom. The van der Waals surface area contributed by atoms with Gasteiger partial charge in [-0.1, -0.05) is 11.2 Å². The number of aromatic nitrogens is 4. The van der Waals surface area contributed by atoms with Crippen LogP contribution < -0.4 is 5.56 Å². The predicted octanol–water partition coefficient (Wildman–Crippen LogP) is 2.77. The molecule has 10 heteroatoms. The van der Waals surface area contributed by atoms with E-state index in [1.54, 1.807) is 14.0 Å². The van der Waals surface area contributed by atoms with E-state index in [2.05, 4.69) is 15.1 Å². The van der Waals surface area contributed by atoms with Crippen LogP contribution in [0.2, 0.25) is 0 Å². The predicted molar refractivity (Wildman–Crippen MR) is 96.3 cm³/mol. The van der Waals surface area contributed by atoms with E-state index in [9.17, 15) is 9.59 Å². The smallest absolute Gasteiger partial charge is 0.349 e. The summed E-state index contributed by atoms with van der Waals surface area (Å²) in [5.41, 5.74) is 0.369. The Labute approximate surface area is 154 Å². The molecule has 0 bridgehead atoms. The highest BCUT2D eigenvalue weighted by Crippen LogP contribution is 2.27. The standard InChI is InChI=1S/C16H12N4O4S2/c1-8-11-14(17-7-20(2)15(11)21)26-12(8)16(22)23-6-10-18-13(19-24-10)9-4-3-5-25-9/h3-5,7H,6H2,1-2H3. The summed E-state index contributed by atoms with van der Waals surface area (Å²) in [6.45, 7) is 1.57. The zero-order valence-electron chi connectivity index (χ0n) is 13.8. The Morgan fingerprint density at radius 2 is 2.27 bits per heavy atom. The summed E-state index contributed by atoms with van der Waals surface area (Å²) in [5, 5.41) is 6.21. The molecule has 4 rings (SSSR count). The van der Waals surface area contributed by atoms with Crippen LogP contribution in [0.15, 0.2) is 33.2 Å². The molecule has 0 aliphatic carbocycles. The number of hydrogen-bond acceptors (Lipinski definition) is 9. The van der Waals surface area contributed by atoms with Gasteiger partial charge in [-0.2, -0.15) is 4.98 Å². The lowest BCUT2D eigenvalue weighted by molar-refractivity contribution is 0.0435. The molecule has 4 heterocycles. The number of thiophene rings is 2. The van der Waals surface area contributed by atoms with Crippen molar-refractivity contribution in [3.05, 3.63) is 50.5 Å². The van der Waals surface area contributed by atoms with Crippen LogP contribution in [0.4, 0.5) is 0 Å². The van der Waals surface area contributed by atoms with E-state index in [4.69, 9.17) is 9.26 Å². The van der Waals surface area contributed by atoms with Crippen molar-refractivity contribution in [1.29, 1.82) is 0 Å². The lowest BCUT2D eigenvalue weighted by atomic mass is 10.2. The summed E-state index contributed by atoms with van der Waals surface area (Å²) in [6, 6.07) is 3.76. The molecule has 0 N–H and O–H groups in total. The Hall–Kier alpha value is -2.85. The monoisotopic (exact) mass is 388 g/mol. The minimum absolute atomic E-state index is 0.143.